The zero-order valence-corrected chi connectivity index (χ0v) is 11.2. The number of carbonyl (C=O) groups is 1. The summed E-state index contributed by atoms with van der Waals surface area (Å²) in [5.74, 6) is 0.416. The van der Waals surface area contributed by atoms with Gasteiger partial charge >= 0.3 is 0 Å². The van der Waals surface area contributed by atoms with E-state index in [1.54, 1.807) is 0 Å². The van der Waals surface area contributed by atoms with Crippen molar-refractivity contribution >= 4 is 34.1 Å². The van der Waals surface area contributed by atoms with Gasteiger partial charge in [0.2, 0.25) is 11.0 Å². The lowest BCUT2D eigenvalue weighted by Crippen LogP contribution is -2.31. The van der Waals surface area contributed by atoms with E-state index in [1.165, 1.54) is 23.1 Å². The van der Waals surface area contributed by atoms with Gasteiger partial charge in [0.25, 0.3) is 0 Å². The van der Waals surface area contributed by atoms with Crippen LogP contribution in [0.1, 0.15) is 20.8 Å². The largest absolute Gasteiger partial charge is 0.360 e. The van der Waals surface area contributed by atoms with Crippen molar-refractivity contribution in [2.45, 2.75) is 31.2 Å². The Labute approximate surface area is 103 Å². The van der Waals surface area contributed by atoms with Crippen LogP contribution in [0.15, 0.2) is 4.34 Å². The Kier molecular flexibility index (Phi) is 5.54. The Morgan fingerprint density at radius 3 is 2.88 bits per heavy atom. The topological polar surface area (TPSA) is 66.9 Å². The predicted octanol–water partition coefficient (Wildman–Crippen LogP) is 1.59. The Bertz CT molecular complexity index is 340. The van der Waals surface area contributed by atoms with Crippen LogP contribution in [-0.4, -0.2) is 34.4 Å². The second-order valence-corrected chi connectivity index (χ2v) is 5.61. The smallest absolute Gasteiger partial charge is 0.230 e. The number of hydrogen-bond donors (Lipinski definition) is 2. The second kappa shape index (κ2) is 6.70. The molecule has 7 heteroatoms. The number of anilines is 1. The highest BCUT2D eigenvalue weighted by Gasteiger charge is 2.08. The first-order chi connectivity index (χ1) is 7.61. The minimum absolute atomic E-state index is 0.0280. The van der Waals surface area contributed by atoms with E-state index in [0.29, 0.717) is 5.75 Å². The molecule has 0 bridgehead atoms. The van der Waals surface area contributed by atoms with Crippen LogP contribution < -0.4 is 10.6 Å². The van der Waals surface area contributed by atoms with E-state index >= 15 is 0 Å². The maximum atomic E-state index is 11.4. The van der Waals surface area contributed by atoms with E-state index in [4.69, 9.17) is 0 Å². The SMILES string of the molecule is CCNc1nnc(SCC(=O)NC(C)C)s1. The molecule has 1 amide bonds. The minimum atomic E-state index is 0.0280. The van der Waals surface area contributed by atoms with Crippen molar-refractivity contribution in [1.29, 1.82) is 0 Å². The Morgan fingerprint density at radius 2 is 2.25 bits per heavy atom. The summed E-state index contributed by atoms with van der Waals surface area (Å²) in [5.41, 5.74) is 0. The number of carbonyl (C=O) groups excluding carboxylic acids is 1. The molecule has 0 spiro atoms. The first-order valence-corrected chi connectivity index (χ1v) is 6.91. The normalized spacial score (nSPS) is 10.5. The summed E-state index contributed by atoms with van der Waals surface area (Å²) in [6, 6.07) is 0.180. The van der Waals surface area contributed by atoms with Crippen molar-refractivity contribution in [3.63, 3.8) is 0 Å². The van der Waals surface area contributed by atoms with Crippen molar-refractivity contribution in [1.82, 2.24) is 15.5 Å². The molecule has 1 heterocycles. The lowest BCUT2D eigenvalue weighted by Gasteiger charge is -2.06. The molecule has 2 N–H and O–H groups in total. The third-order valence-corrected chi connectivity index (χ3v) is 3.53. The Morgan fingerprint density at radius 1 is 1.50 bits per heavy atom. The molecule has 5 nitrogen and oxygen atoms in total. The molecule has 1 rings (SSSR count). The fourth-order valence-electron chi connectivity index (χ4n) is 0.982. The van der Waals surface area contributed by atoms with Crippen molar-refractivity contribution in [2.75, 3.05) is 17.6 Å². The fraction of sp³-hybridized carbons (Fsp3) is 0.667. The Balaban J connectivity index is 2.33. The maximum Gasteiger partial charge on any atom is 0.230 e. The first-order valence-electron chi connectivity index (χ1n) is 5.11. The summed E-state index contributed by atoms with van der Waals surface area (Å²) in [4.78, 5) is 11.4. The molecule has 0 atom stereocenters. The highest BCUT2D eigenvalue weighted by molar-refractivity contribution is 8.01. The minimum Gasteiger partial charge on any atom is -0.360 e. The van der Waals surface area contributed by atoms with Gasteiger partial charge in [-0.05, 0) is 20.8 Å². The second-order valence-electron chi connectivity index (χ2n) is 3.41. The van der Waals surface area contributed by atoms with Crippen LogP contribution in [0.25, 0.3) is 0 Å². The van der Waals surface area contributed by atoms with Crippen LogP contribution in [0.2, 0.25) is 0 Å². The molecule has 0 saturated carbocycles. The molecule has 0 unspecified atom stereocenters. The number of aromatic nitrogens is 2. The summed E-state index contributed by atoms with van der Waals surface area (Å²) in [5, 5.41) is 14.6. The summed E-state index contributed by atoms with van der Waals surface area (Å²) in [6.07, 6.45) is 0. The van der Waals surface area contributed by atoms with Gasteiger partial charge in [-0.3, -0.25) is 4.79 Å². The average molecular weight is 260 g/mol. The van der Waals surface area contributed by atoms with Gasteiger partial charge in [-0.15, -0.1) is 10.2 Å². The molecule has 0 fully saturated rings. The standard InChI is InChI=1S/C9H16N4OS2/c1-4-10-8-12-13-9(16-8)15-5-7(14)11-6(2)3/h6H,4-5H2,1-3H3,(H,10,12)(H,11,14). The average Bonchev–Trinajstić information content (AvgIpc) is 2.62. The van der Waals surface area contributed by atoms with Gasteiger partial charge in [0, 0.05) is 12.6 Å². The van der Waals surface area contributed by atoms with Gasteiger partial charge in [-0.25, -0.2) is 0 Å². The van der Waals surface area contributed by atoms with Crippen LogP contribution in [0, 0.1) is 0 Å². The first kappa shape index (κ1) is 13.2. The molecule has 90 valence electrons. The third kappa shape index (κ3) is 4.80. The van der Waals surface area contributed by atoms with Crippen LogP contribution in [0.4, 0.5) is 5.13 Å². The van der Waals surface area contributed by atoms with Crippen LogP contribution in [-0.2, 0) is 4.79 Å². The van der Waals surface area contributed by atoms with Crippen molar-refractivity contribution in [3.05, 3.63) is 0 Å². The number of thioether (sulfide) groups is 1. The van der Waals surface area contributed by atoms with Gasteiger partial charge < -0.3 is 10.6 Å². The van der Waals surface area contributed by atoms with Gasteiger partial charge in [0.05, 0.1) is 5.75 Å². The number of amides is 1. The van der Waals surface area contributed by atoms with E-state index in [2.05, 4.69) is 20.8 Å². The van der Waals surface area contributed by atoms with Crippen LogP contribution >= 0.6 is 23.1 Å². The molecule has 0 aliphatic rings. The molecule has 0 saturated heterocycles. The molecule has 0 aromatic carbocycles. The third-order valence-electron chi connectivity index (χ3n) is 1.51. The molecular weight excluding hydrogens is 244 g/mol. The predicted molar refractivity (Wildman–Crippen MR) is 68.1 cm³/mol. The molecule has 0 radical (unpaired) electrons. The monoisotopic (exact) mass is 260 g/mol. The van der Waals surface area contributed by atoms with Crippen molar-refractivity contribution in [3.8, 4) is 0 Å². The summed E-state index contributed by atoms with van der Waals surface area (Å²) in [7, 11) is 0. The van der Waals surface area contributed by atoms with Gasteiger partial charge in [0.1, 0.15) is 0 Å². The van der Waals surface area contributed by atoms with Crippen LogP contribution in [0.3, 0.4) is 0 Å². The highest BCUT2D eigenvalue weighted by Crippen LogP contribution is 2.24. The van der Waals surface area contributed by atoms with E-state index in [-0.39, 0.29) is 11.9 Å². The van der Waals surface area contributed by atoms with E-state index < -0.39 is 0 Å². The fourth-order valence-corrected chi connectivity index (χ4v) is 2.61. The maximum absolute atomic E-state index is 11.4. The quantitative estimate of drug-likeness (QED) is 0.760. The lowest BCUT2D eigenvalue weighted by molar-refractivity contribution is -0.119. The Hall–Kier alpha value is -0.820. The van der Waals surface area contributed by atoms with Gasteiger partial charge in [-0.2, -0.15) is 0 Å². The van der Waals surface area contributed by atoms with E-state index in [9.17, 15) is 4.79 Å². The zero-order chi connectivity index (χ0) is 12.0. The van der Waals surface area contributed by atoms with E-state index in [0.717, 1.165) is 16.0 Å². The molecular formula is C9H16N4OS2. The van der Waals surface area contributed by atoms with E-state index in [1.807, 2.05) is 20.8 Å². The van der Waals surface area contributed by atoms with Crippen LogP contribution in [0.5, 0.6) is 0 Å². The molecule has 1 aromatic rings. The number of nitrogens with one attached hydrogen (secondary N) is 2. The van der Waals surface area contributed by atoms with Crippen molar-refractivity contribution in [2.24, 2.45) is 0 Å². The number of hydrogen-bond acceptors (Lipinski definition) is 6. The van der Waals surface area contributed by atoms with Gasteiger partial charge in [-0.1, -0.05) is 23.1 Å². The van der Waals surface area contributed by atoms with Gasteiger partial charge in [0.15, 0.2) is 4.34 Å². The lowest BCUT2D eigenvalue weighted by atomic mass is 10.4. The molecule has 16 heavy (non-hydrogen) atoms. The summed E-state index contributed by atoms with van der Waals surface area (Å²) < 4.78 is 0.815. The highest BCUT2D eigenvalue weighted by atomic mass is 32.2. The molecule has 1 aromatic heterocycles. The summed E-state index contributed by atoms with van der Waals surface area (Å²) in [6.45, 7) is 6.71. The number of nitrogens with zero attached hydrogens (tertiary/aromatic N) is 2. The van der Waals surface area contributed by atoms with Crippen molar-refractivity contribution < 1.29 is 4.79 Å². The number of rotatable bonds is 6. The molecule has 0 aliphatic carbocycles. The zero-order valence-electron chi connectivity index (χ0n) is 9.61. The molecule has 0 aliphatic heterocycles. The summed E-state index contributed by atoms with van der Waals surface area (Å²) >= 11 is 2.88.